The number of hydrogen-bond donors (Lipinski definition) is 2. The normalized spacial score (nSPS) is 18.0. The average molecular weight is 481 g/mol. The number of phenolic OH excluding ortho intramolecular Hbond substituents is 1. The van der Waals surface area contributed by atoms with Crippen LogP contribution in [0, 0.1) is 23.4 Å². The maximum Gasteiger partial charge on any atom is 0.254 e. The predicted molar refractivity (Wildman–Crippen MR) is 122 cm³/mol. The fourth-order valence-electron chi connectivity index (χ4n) is 4.53. The van der Waals surface area contributed by atoms with Crippen molar-refractivity contribution in [2.24, 2.45) is 5.92 Å². The highest BCUT2D eigenvalue weighted by molar-refractivity contribution is 5.94. The number of aromatic hydroxyl groups is 1. The Morgan fingerprint density at radius 3 is 2.63 bits per heavy atom. The molecule has 35 heavy (non-hydrogen) atoms. The van der Waals surface area contributed by atoms with E-state index >= 15 is 0 Å². The molecule has 0 radical (unpaired) electrons. The number of hydrogen-bond acceptors (Lipinski definition) is 5. The zero-order valence-electron chi connectivity index (χ0n) is 18.6. The van der Waals surface area contributed by atoms with E-state index in [2.05, 4.69) is 15.3 Å². The molecule has 0 bridgehead atoms. The molecule has 0 unspecified atom stereocenters. The summed E-state index contributed by atoms with van der Waals surface area (Å²) in [6, 6.07) is 6.71. The molecule has 1 aliphatic rings. The fourth-order valence-corrected chi connectivity index (χ4v) is 4.53. The van der Waals surface area contributed by atoms with Crippen molar-refractivity contribution in [2.45, 2.75) is 31.7 Å². The maximum atomic E-state index is 13.9. The smallest absolute Gasteiger partial charge is 0.254 e. The number of carbonyl (C=O) groups is 1. The SMILES string of the molecule is O=C(NC[C@H]1CC[C@H](n2cc3ccc(-c4cnccn4)cc3n2)CC1)c1cc(F)c(O)c(F)c1F. The third kappa shape index (κ3) is 4.55. The Morgan fingerprint density at radius 2 is 1.89 bits per heavy atom. The first kappa shape index (κ1) is 22.8. The number of amides is 1. The molecule has 0 aliphatic heterocycles. The number of benzene rings is 2. The van der Waals surface area contributed by atoms with E-state index in [-0.39, 0.29) is 18.5 Å². The van der Waals surface area contributed by atoms with E-state index in [0.29, 0.717) is 6.07 Å². The Morgan fingerprint density at radius 1 is 1.09 bits per heavy atom. The minimum absolute atomic E-state index is 0.151. The van der Waals surface area contributed by atoms with Crippen LogP contribution in [-0.4, -0.2) is 37.3 Å². The molecular weight excluding hydrogens is 459 g/mol. The first-order chi connectivity index (χ1) is 16.9. The second-order valence-corrected chi connectivity index (χ2v) is 8.74. The molecule has 1 saturated carbocycles. The van der Waals surface area contributed by atoms with Crippen LogP contribution in [0.4, 0.5) is 13.2 Å². The van der Waals surface area contributed by atoms with Crippen LogP contribution in [0.5, 0.6) is 5.75 Å². The van der Waals surface area contributed by atoms with Crippen molar-refractivity contribution < 1.29 is 23.1 Å². The summed E-state index contributed by atoms with van der Waals surface area (Å²) in [5.74, 6) is -6.93. The van der Waals surface area contributed by atoms with Crippen molar-refractivity contribution in [1.82, 2.24) is 25.1 Å². The third-order valence-electron chi connectivity index (χ3n) is 6.50. The summed E-state index contributed by atoms with van der Waals surface area (Å²) >= 11 is 0. The van der Waals surface area contributed by atoms with Gasteiger partial charge in [0.15, 0.2) is 17.4 Å². The van der Waals surface area contributed by atoms with E-state index < -0.39 is 34.7 Å². The molecule has 0 saturated heterocycles. The van der Waals surface area contributed by atoms with E-state index in [4.69, 9.17) is 10.2 Å². The summed E-state index contributed by atoms with van der Waals surface area (Å²) in [7, 11) is 0. The van der Waals surface area contributed by atoms with Crippen LogP contribution < -0.4 is 5.32 Å². The molecule has 1 aliphatic carbocycles. The van der Waals surface area contributed by atoms with Crippen molar-refractivity contribution in [3.63, 3.8) is 0 Å². The van der Waals surface area contributed by atoms with Crippen LogP contribution in [0.2, 0.25) is 0 Å². The molecule has 180 valence electrons. The van der Waals surface area contributed by atoms with Crippen molar-refractivity contribution in [3.05, 3.63) is 72.1 Å². The van der Waals surface area contributed by atoms with Gasteiger partial charge in [-0.3, -0.25) is 19.4 Å². The van der Waals surface area contributed by atoms with Crippen molar-refractivity contribution >= 4 is 16.8 Å². The minimum Gasteiger partial charge on any atom is -0.503 e. The largest absolute Gasteiger partial charge is 0.503 e. The number of halogens is 3. The van der Waals surface area contributed by atoms with E-state index in [9.17, 15) is 18.0 Å². The van der Waals surface area contributed by atoms with Gasteiger partial charge in [-0.1, -0.05) is 12.1 Å². The minimum atomic E-state index is -1.77. The number of fused-ring (bicyclic) bond motifs is 1. The number of nitrogens with one attached hydrogen (secondary N) is 1. The summed E-state index contributed by atoms with van der Waals surface area (Å²) in [6.45, 7) is 0.262. The number of nitrogens with zero attached hydrogens (tertiary/aromatic N) is 4. The van der Waals surface area contributed by atoms with Gasteiger partial charge in [-0.05, 0) is 43.7 Å². The Bertz CT molecular complexity index is 1390. The lowest BCUT2D eigenvalue weighted by Gasteiger charge is -2.28. The lowest BCUT2D eigenvalue weighted by molar-refractivity contribution is 0.0935. The molecule has 0 spiro atoms. The molecule has 0 atom stereocenters. The van der Waals surface area contributed by atoms with Gasteiger partial charge in [0.2, 0.25) is 5.82 Å². The van der Waals surface area contributed by atoms with Crippen molar-refractivity contribution in [1.29, 1.82) is 0 Å². The highest BCUT2D eigenvalue weighted by atomic mass is 19.2. The summed E-state index contributed by atoms with van der Waals surface area (Å²) in [5, 5.41) is 17.5. The van der Waals surface area contributed by atoms with Crippen molar-refractivity contribution in [2.75, 3.05) is 6.54 Å². The van der Waals surface area contributed by atoms with Crippen LogP contribution in [0.3, 0.4) is 0 Å². The second kappa shape index (κ2) is 9.36. The highest BCUT2D eigenvalue weighted by Gasteiger charge is 2.26. The number of aromatic nitrogens is 4. The fraction of sp³-hybridized carbons (Fsp3) is 0.280. The van der Waals surface area contributed by atoms with Crippen LogP contribution in [0.15, 0.2) is 49.1 Å². The third-order valence-corrected chi connectivity index (χ3v) is 6.50. The van der Waals surface area contributed by atoms with Crippen LogP contribution in [0.25, 0.3) is 22.2 Å². The van der Waals surface area contributed by atoms with Gasteiger partial charge in [-0.15, -0.1) is 0 Å². The van der Waals surface area contributed by atoms with Gasteiger partial charge < -0.3 is 10.4 Å². The number of phenols is 1. The van der Waals surface area contributed by atoms with E-state index in [1.165, 1.54) is 0 Å². The molecule has 2 aromatic heterocycles. The molecule has 2 N–H and O–H groups in total. The summed E-state index contributed by atoms with van der Waals surface area (Å²) < 4.78 is 43.0. The Hall–Kier alpha value is -3.95. The number of rotatable bonds is 5. The molecule has 10 heteroatoms. The van der Waals surface area contributed by atoms with E-state index in [0.717, 1.165) is 47.8 Å². The quantitative estimate of drug-likeness (QED) is 0.401. The van der Waals surface area contributed by atoms with Crippen LogP contribution in [0.1, 0.15) is 42.1 Å². The summed E-state index contributed by atoms with van der Waals surface area (Å²) in [6.07, 6.45) is 10.3. The molecule has 1 amide bonds. The first-order valence-corrected chi connectivity index (χ1v) is 11.3. The Balaban J connectivity index is 1.19. The van der Waals surface area contributed by atoms with Gasteiger partial charge in [0.1, 0.15) is 0 Å². The zero-order valence-corrected chi connectivity index (χ0v) is 18.6. The number of carbonyl (C=O) groups excluding carboxylic acids is 1. The van der Waals surface area contributed by atoms with Gasteiger partial charge >= 0.3 is 0 Å². The maximum absolute atomic E-state index is 13.9. The standard InChI is InChI=1S/C25H22F3N5O2/c26-19-10-18(22(27)23(28)24(19)34)25(35)31-11-14-1-5-17(6-2-14)33-13-16-4-3-15(9-20(16)32-33)21-12-29-7-8-30-21/h3-4,7-10,12-14,17,34H,1-2,5-6,11H2,(H,31,35)/t14-,17-. The Kier molecular flexibility index (Phi) is 6.10. The molecule has 5 rings (SSSR count). The molecule has 4 aromatic rings. The lowest BCUT2D eigenvalue weighted by atomic mass is 9.86. The van der Waals surface area contributed by atoms with Gasteiger partial charge in [-0.25, -0.2) is 8.78 Å². The molecule has 7 nitrogen and oxygen atoms in total. The summed E-state index contributed by atoms with van der Waals surface area (Å²) in [4.78, 5) is 20.7. The topological polar surface area (TPSA) is 92.9 Å². The van der Waals surface area contributed by atoms with Gasteiger partial charge in [0.05, 0.1) is 29.0 Å². The second-order valence-electron chi connectivity index (χ2n) is 8.74. The predicted octanol–water partition coefficient (Wildman–Crippen LogP) is 4.78. The van der Waals surface area contributed by atoms with E-state index in [1.807, 2.05) is 29.1 Å². The first-order valence-electron chi connectivity index (χ1n) is 11.3. The van der Waals surface area contributed by atoms with Crippen LogP contribution in [-0.2, 0) is 0 Å². The highest BCUT2D eigenvalue weighted by Crippen LogP contribution is 2.33. The van der Waals surface area contributed by atoms with Gasteiger partial charge in [-0.2, -0.15) is 9.49 Å². The van der Waals surface area contributed by atoms with Gasteiger partial charge in [0, 0.05) is 36.1 Å². The zero-order chi connectivity index (χ0) is 24.5. The average Bonchev–Trinajstić information content (AvgIpc) is 3.32. The molecule has 2 heterocycles. The molecule has 2 aromatic carbocycles. The monoisotopic (exact) mass is 481 g/mol. The molecular formula is C25H22F3N5O2. The van der Waals surface area contributed by atoms with Crippen molar-refractivity contribution in [3.8, 4) is 17.0 Å². The summed E-state index contributed by atoms with van der Waals surface area (Å²) in [5.41, 5.74) is 1.83. The molecule has 1 fully saturated rings. The van der Waals surface area contributed by atoms with Crippen LogP contribution >= 0.6 is 0 Å². The lowest BCUT2D eigenvalue weighted by Crippen LogP contribution is -2.32. The Labute approximate surface area is 198 Å². The van der Waals surface area contributed by atoms with Gasteiger partial charge in [0.25, 0.3) is 5.91 Å². The van der Waals surface area contributed by atoms with E-state index in [1.54, 1.807) is 18.6 Å².